The molecule has 100 valence electrons. The van der Waals surface area contributed by atoms with Gasteiger partial charge in [-0.1, -0.05) is 20.8 Å². The van der Waals surface area contributed by atoms with E-state index in [9.17, 15) is 4.79 Å². The second-order valence-electron chi connectivity index (χ2n) is 4.37. The zero-order valence-corrected chi connectivity index (χ0v) is 11.3. The van der Waals surface area contributed by atoms with E-state index in [1.165, 1.54) is 0 Å². The maximum Gasteiger partial charge on any atom is 0.270 e. The van der Waals surface area contributed by atoms with Crippen LogP contribution in [0.15, 0.2) is 18.3 Å². The first-order valence-corrected chi connectivity index (χ1v) is 6.36. The molecule has 0 aliphatic rings. The van der Waals surface area contributed by atoms with Crippen LogP contribution in [0.1, 0.15) is 50.5 Å². The van der Waals surface area contributed by atoms with Gasteiger partial charge in [0, 0.05) is 5.54 Å². The van der Waals surface area contributed by atoms with Crippen molar-refractivity contribution < 1.29 is 4.79 Å². The van der Waals surface area contributed by atoms with Gasteiger partial charge in [-0.3, -0.25) is 10.6 Å². The second-order valence-corrected chi connectivity index (χ2v) is 4.37. The number of anilines is 1. The predicted octanol–water partition coefficient (Wildman–Crippen LogP) is 2.07. The summed E-state index contributed by atoms with van der Waals surface area (Å²) in [7, 11) is 0. The number of hydrogen-bond acceptors (Lipinski definition) is 4. The van der Waals surface area contributed by atoms with Gasteiger partial charge in [0.25, 0.3) is 5.91 Å². The fourth-order valence-electron chi connectivity index (χ4n) is 1.93. The molecule has 0 radical (unpaired) electrons. The highest BCUT2D eigenvalue weighted by Gasteiger charge is 2.26. The van der Waals surface area contributed by atoms with E-state index in [1.54, 1.807) is 18.3 Å². The molecule has 0 spiro atoms. The number of nitrogen functional groups attached to an aromatic ring is 1. The molecule has 1 heterocycles. The average molecular weight is 250 g/mol. The number of hydrazine groups is 1. The summed E-state index contributed by atoms with van der Waals surface area (Å²) in [6.07, 6.45) is 4.27. The first-order chi connectivity index (χ1) is 8.60. The van der Waals surface area contributed by atoms with Gasteiger partial charge < -0.3 is 10.7 Å². The first-order valence-electron chi connectivity index (χ1n) is 6.36. The van der Waals surface area contributed by atoms with Crippen molar-refractivity contribution in [3.8, 4) is 0 Å². The lowest BCUT2D eigenvalue weighted by atomic mass is 9.89. The molecule has 4 N–H and O–H groups in total. The summed E-state index contributed by atoms with van der Waals surface area (Å²) >= 11 is 0. The van der Waals surface area contributed by atoms with Gasteiger partial charge in [-0.2, -0.15) is 0 Å². The lowest BCUT2D eigenvalue weighted by Crippen LogP contribution is -2.47. The van der Waals surface area contributed by atoms with Crippen LogP contribution in [0.4, 0.5) is 5.69 Å². The highest BCUT2D eigenvalue weighted by molar-refractivity contribution is 5.93. The SMILES string of the molecule is CCC(CC)(CC)NC(=O)c1ccc(NN)cn1. The molecule has 0 fully saturated rings. The van der Waals surface area contributed by atoms with Crippen molar-refractivity contribution in [2.45, 2.75) is 45.6 Å². The molecule has 1 aromatic rings. The van der Waals surface area contributed by atoms with Crippen LogP contribution in [-0.2, 0) is 0 Å². The van der Waals surface area contributed by atoms with Gasteiger partial charge in [0.1, 0.15) is 5.69 Å². The van der Waals surface area contributed by atoms with Crippen molar-refractivity contribution in [2.75, 3.05) is 5.43 Å². The van der Waals surface area contributed by atoms with Crippen LogP contribution in [0.2, 0.25) is 0 Å². The highest BCUT2D eigenvalue weighted by Crippen LogP contribution is 2.19. The van der Waals surface area contributed by atoms with Gasteiger partial charge in [0.05, 0.1) is 11.9 Å². The molecule has 1 amide bonds. The van der Waals surface area contributed by atoms with Crippen LogP contribution in [0.25, 0.3) is 0 Å². The Morgan fingerprint density at radius 1 is 1.28 bits per heavy atom. The summed E-state index contributed by atoms with van der Waals surface area (Å²) in [6, 6.07) is 3.39. The molecule has 18 heavy (non-hydrogen) atoms. The quantitative estimate of drug-likeness (QED) is 0.533. The Kier molecular flexibility index (Phi) is 5.09. The van der Waals surface area contributed by atoms with E-state index < -0.39 is 0 Å². The Morgan fingerprint density at radius 2 is 1.89 bits per heavy atom. The fraction of sp³-hybridized carbons (Fsp3) is 0.538. The van der Waals surface area contributed by atoms with E-state index in [2.05, 4.69) is 36.5 Å². The van der Waals surface area contributed by atoms with Gasteiger partial charge in [0.2, 0.25) is 0 Å². The molecule has 0 aromatic carbocycles. The Morgan fingerprint density at radius 3 is 2.28 bits per heavy atom. The van der Waals surface area contributed by atoms with Crippen LogP contribution >= 0.6 is 0 Å². The number of nitrogens with two attached hydrogens (primary N) is 1. The van der Waals surface area contributed by atoms with E-state index in [0.29, 0.717) is 11.4 Å². The van der Waals surface area contributed by atoms with Gasteiger partial charge in [0.15, 0.2) is 0 Å². The molecule has 0 saturated carbocycles. The molecule has 1 rings (SSSR count). The molecule has 5 nitrogen and oxygen atoms in total. The number of rotatable bonds is 6. The van der Waals surface area contributed by atoms with Crippen molar-refractivity contribution in [1.82, 2.24) is 10.3 Å². The Bertz CT molecular complexity index is 376. The van der Waals surface area contributed by atoms with E-state index in [-0.39, 0.29) is 11.4 Å². The van der Waals surface area contributed by atoms with Crippen molar-refractivity contribution >= 4 is 11.6 Å². The lowest BCUT2D eigenvalue weighted by Gasteiger charge is -2.31. The summed E-state index contributed by atoms with van der Waals surface area (Å²) in [5, 5.41) is 3.08. The van der Waals surface area contributed by atoms with Crippen molar-refractivity contribution in [3.05, 3.63) is 24.0 Å². The summed E-state index contributed by atoms with van der Waals surface area (Å²) in [5.74, 6) is 5.12. The number of nitrogens with one attached hydrogen (secondary N) is 2. The summed E-state index contributed by atoms with van der Waals surface area (Å²) in [6.45, 7) is 6.26. The molecule has 0 saturated heterocycles. The van der Waals surface area contributed by atoms with E-state index in [0.717, 1.165) is 19.3 Å². The van der Waals surface area contributed by atoms with Gasteiger partial charge in [-0.15, -0.1) is 0 Å². The maximum atomic E-state index is 12.1. The molecular formula is C13H22N4O. The van der Waals surface area contributed by atoms with Crippen molar-refractivity contribution in [3.63, 3.8) is 0 Å². The van der Waals surface area contributed by atoms with Crippen molar-refractivity contribution in [2.24, 2.45) is 5.84 Å². The third kappa shape index (κ3) is 3.20. The number of carbonyl (C=O) groups excluding carboxylic acids is 1. The molecule has 0 atom stereocenters. The van der Waals surface area contributed by atoms with Crippen molar-refractivity contribution in [1.29, 1.82) is 0 Å². The minimum atomic E-state index is -0.135. The zero-order valence-electron chi connectivity index (χ0n) is 11.3. The average Bonchev–Trinajstić information content (AvgIpc) is 2.45. The molecule has 5 heteroatoms. The molecule has 0 unspecified atom stereocenters. The number of aromatic nitrogens is 1. The van der Waals surface area contributed by atoms with Crippen LogP contribution < -0.4 is 16.6 Å². The Hall–Kier alpha value is -1.62. The molecule has 0 aliphatic carbocycles. The van der Waals surface area contributed by atoms with E-state index in [4.69, 9.17) is 5.84 Å². The van der Waals surface area contributed by atoms with Crippen LogP contribution in [0.3, 0.4) is 0 Å². The fourth-order valence-corrected chi connectivity index (χ4v) is 1.93. The second kappa shape index (κ2) is 6.35. The number of pyridine rings is 1. The lowest BCUT2D eigenvalue weighted by molar-refractivity contribution is 0.0883. The number of amides is 1. The summed E-state index contributed by atoms with van der Waals surface area (Å²) in [4.78, 5) is 16.2. The largest absolute Gasteiger partial charge is 0.345 e. The Labute approximate surface area is 108 Å². The molecular weight excluding hydrogens is 228 g/mol. The van der Waals surface area contributed by atoms with Gasteiger partial charge in [-0.25, -0.2) is 4.98 Å². The van der Waals surface area contributed by atoms with E-state index in [1.807, 2.05) is 0 Å². The minimum Gasteiger partial charge on any atom is -0.345 e. The summed E-state index contributed by atoms with van der Waals surface area (Å²) in [5.41, 5.74) is 3.44. The number of carbonyl (C=O) groups is 1. The molecule has 0 aliphatic heterocycles. The van der Waals surface area contributed by atoms with Crippen LogP contribution in [0, 0.1) is 0 Å². The summed E-state index contributed by atoms with van der Waals surface area (Å²) < 4.78 is 0. The number of hydrogen-bond donors (Lipinski definition) is 3. The third-order valence-corrected chi connectivity index (χ3v) is 3.57. The monoisotopic (exact) mass is 250 g/mol. The third-order valence-electron chi connectivity index (χ3n) is 3.57. The topological polar surface area (TPSA) is 80.0 Å². The van der Waals surface area contributed by atoms with Gasteiger partial charge in [-0.05, 0) is 31.4 Å². The molecule has 1 aromatic heterocycles. The van der Waals surface area contributed by atoms with E-state index >= 15 is 0 Å². The zero-order chi connectivity index (χ0) is 13.6. The van der Waals surface area contributed by atoms with Crippen LogP contribution in [0.5, 0.6) is 0 Å². The predicted molar refractivity (Wildman–Crippen MR) is 73.1 cm³/mol. The standard InChI is InChI=1S/C13H22N4O/c1-4-13(5-2,6-3)16-12(18)11-8-7-10(17-14)9-15-11/h7-9,17H,4-6,14H2,1-3H3,(H,16,18). The Balaban J connectivity index is 2.80. The minimum absolute atomic E-state index is 0.135. The highest BCUT2D eigenvalue weighted by atomic mass is 16.2. The smallest absolute Gasteiger partial charge is 0.270 e. The van der Waals surface area contributed by atoms with Crippen LogP contribution in [-0.4, -0.2) is 16.4 Å². The normalized spacial score (nSPS) is 11.1. The first kappa shape index (κ1) is 14.4. The molecule has 0 bridgehead atoms. The maximum absolute atomic E-state index is 12.1. The number of nitrogens with zero attached hydrogens (tertiary/aromatic N) is 1. The van der Waals surface area contributed by atoms with Gasteiger partial charge >= 0.3 is 0 Å².